The first-order valence-electron chi connectivity index (χ1n) is 9.37. The summed E-state index contributed by atoms with van der Waals surface area (Å²) in [5.41, 5.74) is -0.390. The normalized spacial score (nSPS) is 14.4. The van der Waals surface area contributed by atoms with Crippen molar-refractivity contribution in [2.24, 2.45) is 0 Å². The summed E-state index contributed by atoms with van der Waals surface area (Å²) in [4.78, 5) is 13.7. The van der Waals surface area contributed by atoms with E-state index in [1.807, 2.05) is 0 Å². The molecule has 0 unspecified atom stereocenters. The van der Waals surface area contributed by atoms with Crippen LogP contribution in [0.25, 0.3) is 0 Å². The molecule has 0 aromatic heterocycles. The van der Waals surface area contributed by atoms with E-state index in [1.54, 1.807) is 18.2 Å². The summed E-state index contributed by atoms with van der Waals surface area (Å²) in [7, 11) is 0. The van der Waals surface area contributed by atoms with Crippen molar-refractivity contribution in [3.63, 3.8) is 0 Å². The van der Waals surface area contributed by atoms with Crippen LogP contribution in [0.4, 0.5) is 18.9 Å². The molecular formula is C22H19Cl2F3N2O2. The molecule has 1 heterocycles. The fourth-order valence-electron chi connectivity index (χ4n) is 3.33. The van der Waals surface area contributed by atoms with E-state index in [9.17, 15) is 23.1 Å². The lowest BCUT2D eigenvalue weighted by atomic mass is 10.1. The largest absolute Gasteiger partial charge is 0.505 e. The SMILES string of the molecule is C=C1C(O)=C(C(=O)NCCCc2c(Cl)cccc2Cl)CN1c1ccccc1C(F)(F)F. The second kappa shape index (κ2) is 9.24. The number of hydrogen-bond donors (Lipinski definition) is 2. The van der Waals surface area contributed by atoms with Crippen molar-refractivity contribution in [3.05, 3.63) is 87.2 Å². The number of hydrogen-bond acceptors (Lipinski definition) is 3. The molecule has 2 N–H and O–H groups in total. The molecule has 1 amide bonds. The number of anilines is 1. The molecule has 0 spiro atoms. The Morgan fingerprint density at radius 3 is 2.42 bits per heavy atom. The molecule has 31 heavy (non-hydrogen) atoms. The summed E-state index contributed by atoms with van der Waals surface area (Å²) in [5, 5.41) is 14.1. The number of halogens is 5. The lowest BCUT2D eigenvalue weighted by Crippen LogP contribution is -2.30. The molecule has 0 bridgehead atoms. The maximum Gasteiger partial charge on any atom is 0.418 e. The molecule has 1 aliphatic heterocycles. The summed E-state index contributed by atoms with van der Waals surface area (Å²) in [6, 6.07) is 10.1. The van der Waals surface area contributed by atoms with Crippen LogP contribution in [0.3, 0.4) is 0 Å². The topological polar surface area (TPSA) is 52.6 Å². The number of alkyl halides is 3. The average Bonchev–Trinajstić information content (AvgIpc) is 3.01. The Hall–Kier alpha value is -2.64. The summed E-state index contributed by atoms with van der Waals surface area (Å²) < 4.78 is 40.1. The van der Waals surface area contributed by atoms with Gasteiger partial charge in [0.1, 0.15) is 5.76 Å². The molecule has 9 heteroatoms. The molecular weight excluding hydrogens is 452 g/mol. The minimum atomic E-state index is -4.59. The van der Waals surface area contributed by atoms with E-state index in [4.69, 9.17) is 23.2 Å². The molecule has 0 fully saturated rings. The highest BCUT2D eigenvalue weighted by atomic mass is 35.5. The Balaban J connectivity index is 1.65. The number of nitrogens with zero attached hydrogens (tertiary/aromatic N) is 1. The highest BCUT2D eigenvalue weighted by Gasteiger charge is 2.38. The summed E-state index contributed by atoms with van der Waals surface area (Å²) in [6.07, 6.45) is -3.52. The summed E-state index contributed by atoms with van der Waals surface area (Å²) in [6.45, 7) is 3.69. The maximum absolute atomic E-state index is 13.4. The fraction of sp³-hybridized carbons (Fsp3) is 0.227. The average molecular weight is 471 g/mol. The Kier molecular flexibility index (Phi) is 6.86. The van der Waals surface area contributed by atoms with Crippen LogP contribution in [0.15, 0.2) is 66.1 Å². The van der Waals surface area contributed by atoms with Gasteiger partial charge in [-0.2, -0.15) is 13.2 Å². The third kappa shape index (κ3) is 4.99. The lowest BCUT2D eigenvalue weighted by Gasteiger charge is -2.24. The Bertz CT molecular complexity index is 1030. The Labute approximate surface area is 187 Å². The third-order valence-electron chi connectivity index (χ3n) is 4.93. The lowest BCUT2D eigenvalue weighted by molar-refractivity contribution is -0.137. The zero-order valence-corrected chi connectivity index (χ0v) is 17.8. The number of benzene rings is 2. The number of carbonyl (C=O) groups is 1. The number of nitrogens with one attached hydrogen (secondary N) is 1. The molecule has 3 rings (SSSR count). The number of amides is 1. The van der Waals surface area contributed by atoms with Crippen LogP contribution in [0.2, 0.25) is 10.0 Å². The highest BCUT2D eigenvalue weighted by molar-refractivity contribution is 6.35. The van der Waals surface area contributed by atoms with E-state index in [0.29, 0.717) is 22.9 Å². The molecule has 0 saturated heterocycles. The molecule has 164 valence electrons. The van der Waals surface area contributed by atoms with Crippen molar-refractivity contribution in [2.75, 3.05) is 18.0 Å². The predicted molar refractivity (Wildman–Crippen MR) is 115 cm³/mol. The van der Waals surface area contributed by atoms with Gasteiger partial charge in [0.05, 0.1) is 29.1 Å². The summed E-state index contributed by atoms with van der Waals surface area (Å²) >= 11 is 12.2. The van der Waals surface area contributed by atoms with E-state index < -0.39 is 23.4 Å². The minimum Gasteiger partial charge on any atom is -0.505 e. The van der Waals surface area contributed by atoms with E-state index in [2.05, 4.69) is 11.9 Å². The number of aliphatic hydroxyl groups excluding tert-OH is 1. The van der Waals surface area contributed by atoms with Crippen LogP contribution in [-0.4, -0.2) is 24.1 Å². The van der Waals surface area contributed by atoms with Crippen LogP contribution in [0.1, 0.15) is 17.5 Å². The number of carbonyl (C=O) groups excluding carboxylic acids is 1. The van der Waals surface area contributed by atoms with E-state index in [0.717, 1.165) is 11.6 Å². The quantitative estimate of drug-likeness (QED) is 0.516. The number of aliphatic hydroxyl groups is 1. The molecule has 4 nitrogen and oxygen atoms in total. The second-order valence-corrected chi connectivity index (χ2v) is 7.75. The van der Waals surface area contributed by atoms with Gasteiger partial charge in [-0.15, -0.1) is 0 Å². The van der Waals surface area contributed by atoms with Gasteiger partial charge in [0.2, 0.25) is 0 Å². The highest BCUT2D eigenvalue weighted by Crippen LogP contribution is 2.40. The van der Waals surface area contributed by atoms with Crippen LogP contribution >= 0.6 is 23.2 Å². The van der Waals surface area contributed by atoms with E-state index in [-0.39, 0.29) is 30.0 Å². The van der Waals surface area contributed by atoms with Gasteiger partial charge in [-0.3, -0.25) is 4.79 Å². The van der Waals surface area contributed by atoms with Crippen molar-refractivity contribution >= 4 is 34.8 Å². The van der Waals surface area contributed by atoms with E-state index >= 15 is 0 Å². The molecule has 2 aromatic carbocycles. The van der Waals surface area contributed by atoms with E-state index in [1.165, 1.54) is 23.1 Å². The predicted octanol–water partition coefficient (Wildman–Crippen LogP) is 5.91. The van der Waals surface area contributed by atoms with Gasteiger partial charge in [-0.05, 0) is 42.7 Å². The number of rotatable bonds is 6. The Morgan fingerprint density at radius 2 is 1.77 bits per heavy atom. The van der Waals surface area contributed by atoms with Crippen LogP contribution in [0, 0.1) is 0 Å². The zero-order valence-electron chi connectivity index (χ0n) is 16.3. The van der Waals surface area contributed by atoms with Crippen molar-refractivity contribution in [1.82, 2.24) is 5.32 Å². The number of para-hydroxylation sites is 1. The van der Waals surface area contributed by atoms with Gasteiger partial charge >= 0.3 is 6.18 Å². The third-order valence-corrected chi connectivity index (χ3v) is 5.63. The second-order valence-electron chi connectivity index (χ2n) is 6.93. The standard InChI is InChI=1S/C22H19Cl2F3N2O2/c1-13-20(30)15(12-29(13)19-10-3-2-7-16(19)22(25,26)27)21(31)28-11-5-6-14-17(23)8-4-9-18(14)24/h2-4,7-10,30H,1,5-6,11-12H2,(H,28,31). The molecule has 0 radical (unpaired) electrons. The van der Waals surface area contributed by atoms with Gasteiger partial charge in [0, 0.05) is 16.6 Å². The fourth-order valence-corrected chi connectivity index (χ4v) is 3.92. The van der Waals surface area contributed by atoms with Crippen LogP contribution in [0.5, 0.6) is 0 Å². The minimum absolute atomic E-state index is 0.0437. The van der Waals surface area contributed by atoms with Gasteiger partial charge in [-0.25, -0.2) is 0 Å². The van der Waals surface area contributed by atoms with Crippen molar-refractivity contribution < 1.29 is 23.1 Å². The van der Waals surface area contributed by atoms with Crippen LogP contribution < -0.4 is 10.2 Å². The van der Waals surface area contributed by atoms with Gasteiger partial charge in [-0.1, -0.05) is 48.0 Å². The van der Waals surface area contributed by atoms with Gasteiger partial charge in [0.25, 0.3) is 5.91 Å². The first kappa shape index (κ1) is 23.0. The zero-order chi connectivity index (χ0) is 22.8. The molecule has 0 atom stereocenters. The van der Waals surface area contributed by atoms with Crippen molar-refractivity contribution in [2.45, 2.75) is 19.0 Å². The maximum atomic E-state index is 13.4. The first-order chi connectivity index (χ1) is 14.6. The Morgan fingerprint density at radius 1 is 1.13 bits per heavy atom. The molecule has 2 aromatic rings. The molecule has 0 aliphatic carbocycles. The molecule has 1 aliphatic rings. The molecule has 0 saturated carbocycles. The van der Waals surface area contributed by atoms with Gasteiger partial charge < -0.3 is 15.3 Å². The monoisotopic (exact) mass is 470 g/mol. The smallest absolute Gasteiger partial charge is 0.418 e. The van der Waals surface area contributed by atoms with Gasteiger partial charge in [0.15, 0.2) is 0 Å². The first-order valence-corrected chi connectivity index (χ1v) is 10.1. The van der Waals surface area contributed by atoms with Crippen LogP contribution in [-0.2, 0) is 17.4 Å². The summed E-state index contributed by atoms with van der Waals surface area (Å²) in [5.74, 6) is -1.00. The van der Waals surface area contributed by atoms with Crippen molar-refractivity contribution in [3.8, 4) is 0 Å². The van der Waals surface area contributed by atoms with Crippen molar-refractivity contribution in [1.29, 1.82) is 0 Å².